The number of amides is 1. The minimum atomic E-state index is 0.146. The molecule has 3 heterocycles. The molecule has 0 spiro atoms. The maximum Gasteiger partial charge on any atom is 0.256 e. The third-order valence-corrected chi connectivity index (χ3v) is 7.72. The predicted octanol–water partition coefficient (Wildman–Crippen LogP) is 4.70. The quantitative estimate of drug-likeness (QED) is 0.466. The van der Waals surface area contributed by atoms with Gasteiger partial charge in [-0.25, -0.2) is 0 Å². The number of anilines is 1. The Morgan fingerprint density at radius 2 is 1.60 bits per heavy atom. The predicted molar refractivity (Wildman–Crippen MR) is 143 cm³/mol. The average Bonchev–Trinajstić information content (AvgIpc) is 3.17. The topological polar surface area (TPSA) is 41.0 Å². The highest BCUT2D eigenvalue weighted by atomic mass is 16.5. The Balaban J connectivity index is 1.12. The highest BCUT2D eigenvalue weighted by molar-refractivity contribution is 6.08. The minimum absolute atomic E-state index is 0.146. The van der Waals surface area contributed by atoms with E-state index >= 15 is 0 Å². The van der Waals surface area contributed by atoms with E-state index in [1.807, 2.05) is 31.0 Å². The summed E-state index contributed by atoms with van der Waals surface area (Å²) in [6.07, 6.45) is 5.14. The largest absolute Gasteiger partial charge is 0.494 e. The van der Waals surface area contributed by atoms with E-state index in [2.05, 4.69) is 50.8 Å². The lowest BCUT2D eigenvalue weighted by molar-refractivity contribution is 0.0748. The number of hydrogen-bond donors (Lipinski definition) is 0. The lowest BCUT2D eigenvalue weighted by atomic mass is 10.1. The number of carbonyl (C=O) groups is 1. The van der Waals surface area contributed by atoms with Gasteiger partial charge >= 0.3 is 0 Å². The molecule has 2 aliphatic rings. The Morgan fingerprint density at radius 3 is 2.34 bits per heavy atom. The van der Waals surface area contributed by atoms with E-state index in [4.69, 9.17) is 4.74 Å². The van der Waals surface area contributed by atoms with Crippen LogP contribution in [-0.2, 0) is 7.05 Å². The standard InChI is InChI=1S/C29H38N4O2/c1-23-28(26-9-4-5-10-27(26)30(23)2)29(34)33-20-18-32(19-21-33)24-11-13-25(14-12-24)35-22-8-17-31-15-6-3-7-16-31/h4-5,9-14H,3,6-8,15-22H2,1-2H3. The number of piperidine rings is 1. The van der Waals surface area contributed by atoms with Gasteiger partial charge in [-0.15, -0.1) is 0 Å². The first-order valence-electron chi connectivity index (χ1n) is 13.2. The third-order valence-electron chi connectivity index (χ3n) is 7.72. The highest BCUT2D eigenvalue weighted by Gasteiger charge is 2.26. The van der Waals surface area contributed by atoms with Gasteiger partial charge < -0.3 is 24.0 Å². The highest BCUT2D eigenvalue weighted by Crippen LogP contribution is 2.27. The maximum absolute atomic E-state index is 13.4. The molecule has 0 aliphatic carbocycles. The Hall–Kier alpha value is -2.99. The van der Waals surface area contributed by atoms with Gasteiger partial charge in [-0.1, -0.05) is 24.6 Å². The van der Waals surface area contributed by atoms with Crippen molar-refractivity contribution in [3.05, 3.63) is 59.8 Å². The molecule has 0 N–H and O–H groups in total. The molecule has 2 saturated heterocycles. The molecule has 1 aromatic heterocycles. The van der Waals surface area contributed by atoms with Crippen LogP contribution in [0.3, 0.4) is 0 Å². The van der Waals surface area contributed by atoms with E-state index in [1.165, 1.54) is 38.0 Å². The Kier molecular flexibility index (Phi) is 7.28. The van der Waals surface area contributed by atoms with Gasteiger partial charge in [-0.2, -0.15) is 0 Å². The molecule has 2 fully saturated rings. The molecule has 5 rings (SSSR count). The molecule has 0 radical (unpaired) electrons. The summed E-state index contributed by atoms with van der Waals surface area (Å²) in [5.41, 5.74) is 4.18. The van der Waals surface area contributed by atoms with E-state index in [0.717, 1.165) is 73.7 Å². The zero-order valence-corrected chi connectivity index (χ0v) is 21.2. The number of likely N-dealkylation sites (tertiary alicyclic amines) is 1. The van der Waals surface area contributed by atoms with Crippen molar-refractivity contribution in [2.45, 2.75) is 32.6 Å². The van der Waals surface area contributed by atoms with Crippen LogP contribution in [-0.4, -0.2) is 72.7 Å². The molecule has 0 unspecified atom stereocenters. The van der Waals surface area contributed by atoms with Crippen LogP contribution in [0.1, 0.15) is 41.7 Å². The van der Waals surface area contributed by atoms with Crippen molar-refractivity contribution in [3.8, 4) is 5.75 Å². The Bertz CT molecular complexity index is 1140. The minimum Gasteiger partial charge on any atom is -0.494 e. The third kappa shape index (κ3) is 5.18. The van der Waals surface area contributed by atoms with Crippen LogP contribution in [0.5, 0.6) is 5.75 Å². The maximum atomic E-state index is 13.4. The van der Waals surface area contributed by atoms with Gasteiger partial charge in [0.05, 0.1) is 12.2 Å². The molecule has 3 aromatic rings. The fourth-order valence-corrected chi connectivity index (χ4v) is 5.53. The summed E-state index contributed by atoms with van der Waals surface area (Å²) in [5.74, 6) is 1.08. The molecule has 186 valence electrons. The van der Waals surface area contributed by atoms with Crippen molar-refractivity contribution in [1.82, 2.24) is 14.4 Å². The zero-order valence-electron chi connectivity index (χ0n) is 21.2. The molecule has 0 saturated carbocycles. The van der Waals surface area contributed by atoms with Crippen molar-refractivity contribution in [2.75, 3.05) is 57.3 Å². The molecule has 1 amide bonds. The van der Waals surface area contributed by atoms with E-state index in [0.29, 0.717) is 0 Å². The molecule has 6 heteroatoms. The number of fused-ring (bicyclic) bond motifs is 1. The van der Waals surface area contributed by atoms with E-state index in [9.17, 15) is 4.79 Å². The van der Waals surface area contributed by atoms with Crippen LogP contribution >= 0.6 is 0 Å². The van der Waals surface area contributed by atoms with Crippen LogP contribution in [0.15, 0.2) is 48.5 Å². The number of rotatable bonds is 7. The van der Waals surface area contributed by atoms with Gasteiger partial charge in [0, 0.05) is 62.1 Å². The van der Waals surface area contributed by atoms with Crippen molar-refractivity contribution in [3.63, 3.8) is 0 Å². The summed E-state index contributed by atoms with van der Waals surface area (Å²) in [5, 5.41) is 1.05. The lowest BCUT2D eigenvalue weighted by Crippen LogP contribution is -2.48. The normalized spacial score (nSPS) is 17.2. The second kappa shape index (κ2) is 10.7. The van der Waals surface area contributed by atoms with Crippen LogP contribution in [0.25, 0.3) is 10.9 Å². The van der Waals surface area contributed by atoms with Gasteiger partial charge in [0.2, 0.25) is 0 Å². The molecule has 2 aromatic carbocycles. The summed E-state index contributed by atoms with van der Waals surface area (Å²) in [6.45, 7) is 9.58. The van der Waals surface area contributed by atoms with E-state index in [1.54, 1.807) is 0 Å². The summed E-state index contributed by atoms with van der Waals surface area (Å²) in [4.78, 5) is 20.4. The van der Waals surface area contributed by atoms with Crippen LogP contribution in [0.4, 0.5) is 5.69 Å². The smallest absolute Gasteiger partial charge is 0.256 e. The van der Waals surface area contributed by atoms with Gasteiger partial charge in [0.1, 0.15) is 5.75 Å². The van der Waals surface area contributed by atoms with E-state index in [-0.39, 0.29) is 5.91 Å². The second-order valence-electron chi connectivity index (χ2n) is 9.91. The van der Waals surface area contributed by atoms with Crippen molar-refractivity contribution < 1.29 is 9.53 Å². The number of hydrogen-bond acceptors (Lipinski definition) is 4. The number of aryl methyl sites for hydroxylation is 1. The summed E-state index contributed by atoms with van der Waals surface area (Å²) in [6, 6.07) is 16.6. The number of carbonyl (C=O) groups excluding carboxylic acids is 1. The fraction of sp³-hybridized carbons (Fsp3) is 0.483. The van der Waals surface area contributed by atoms with Gasteiger partial charge in [-0.3, -0.25) is 4.79 Å². The number of piperazine rings is 1. The van der Waals surface area contributed by atoms with Crippen molar-refractivity contribution in [2.24, 2.45) is 7.05 Å². The SMILES string of the molecule is Cc1c(C(=O)N2CCN(c3ccc(OCCCN4CCCCC4)cc3)CC2)c2ccccc2n1C. The van der Waals surface area contributed by atoms with Crippen molar-refractivity contribution >= 4 is 22.5 Å². The molecule has 2 aliphatic heterocycles. The summed E-state index contributed by atoms with van der Waals surface area (Å²) < 4.78 is 8.11. The average molecular weight is 475 g/mol. The first-order valence-corrected chi connectivity index (χ1v) is 13.2. The fourth-order valence-electron chi connectivity index (χ4n) is 5.53. The molecular formula is C29H38N4O2. The van der Waals surface area contributed by atoms with Gasteiger partial charge in [0.25, 0.3) is 5.91 Å². The Labute approximate surface area is 209 Å². The number of nitrogens with zero attached hydrogens (tertiary/aromatic N) is 4. The first kappa shape index (κ1) is 23.7. The van der Waals surface area contributed by atoms with Gasteiger partial charge in [-0.05, 0) is 69.6 Å². The molecular weight excluding hydrogens is 436 g/mol. The summed E-state index contributed by atoms with van der Waals surface area (Å²) in [7, 11) is 2.04. The molecule has 0 bridgehead atoms. The van der Waals surface area contributed by atoms with Gasteiger partial charge in [0.15, 0.2) is 0 Å². The lowest BCUT2D eigenvalue weighted by Gasteiger charge is -2.36. The second-order valence-corrected chi connectivity index (χ2v) is 9.91. The molecule has 0 atom stereocenters. The monoisotopic (exact) mass is 474 g/mol. The Morgan fingerprint density at radius 1 is 0.886 bits per heavy atom. The molecule has 35 heavy (non-hydrogen) atoms. The number of ether oxygens (including phenoxy) is 1. The van der Waals surface area contributed by atoms with E-state index < -0.39 is 0 Å². The summed E-state index contributed by atoms with van der Waals surface area (Å²) >= 11 is 0. The molecule has 6 nitrogen and oxygen atoms in total. The van der Waals surface area contributed by atoms with Crippen LogP contribution in [0, 0.1) is 6.92 Å². The first-order chi connectivity index (χ1) is 17.1. The number of aromatic nitrogens is 1. The zero-order chi connectivity index (χ0) is 24.2. The van der Waals surface area contributed by atoms with Crippen molar-refractivity contribution in [1.29, 1.82) is 0 Å². The van der Waals surface area contributed by atoms with Crippen LogP contribution in [0.2, 0.25) is 0 Å². The number of benzene rings is 2. The van der Waals surface area contributed by atoms with Crippen LogP contribution < -0.4 is 9.64 Å². The number of para-hydroxylation sites is 1.